The number of nitrogens with one attached hydrogen (secondary N) is 1. The van der Waals surface area contributed by atoms with E-state index < -0.39 is 16.0 Å². The van der Waals surface area contributed by atoms with Crippen molar-refractivity contribution in [2.45, 2.75) is 6.54 Å². The van der Waals surface area contributed by atoms with Gasteiger partial charge in [-0.2, -0.15) is 0 Å². The quantitative estimate of drug-likeness (QED) is 0.317. The average molecular weight is 406 g/mol. The largest absolute Gasteiger partial charge is 0.353 e. The molecule has 0 aliphatic heterocycles. The molecule has 1 amide bonds. The van der Waals surface area contributed by atoms with E-state index >= 15 is 0 Å². The van der Waals surface area contributed by atoms with Gasteiger partial charge in [0.15, 0.2) is 0 Å². The molecule has 0 saturated carbocycles. The minimum Gasteiger partial charge on any atom is -0.353 e. The number of rotatable bonds is 4. The summed E-state index contributed by atoms with van der Waals surface area (Å²) in [6, 6.07) is 10.6. The maximum atomic E-state index is 13.0. The normalized spacial score (nSPS) is 11.0. The van der Waals surface area contributed by atoms with E-state index in [4.69, 9.17) is 0 Å². The monoisotopic (exact) mass is 406 g/mol. The van der Waals surface area contributed by atoms with E-state index in [1.807, 2.05) is 0 Å². The van der Waals surface area contributed by atoms with E-state index in [2.05, 4.69) is 9.97 Å². The highest BCUT2D eigenvalue weighted by molar-refractivity contribution is 6.05. The summed E-state index contributed by atoms with van der Waals surface area (Å²) in [7, 11) is 1.63. The molecule has 0 radical (unpaired) electrons. The minimum absolute atomic E-state index is 0.150. The molecule has 8 nitrogen and oxygen atoms in total. The number of H-pyrrole nitrogens is 1. The SMILES string of the molecule is CN(Cc1ccc(F)cc1)C(=O)c1cnc2c(ccc3c(=O)c([N+](=O)[O-])c[nH]c32)c1. The third-order valence-corrected chi connectivity index (χ3v) is 4.81. The first-order chi connectivity index (χ1) is 14.3. The van der Waals surface area contributed by atoms with Crippen LogP contribution in [0.3, 0.4) is 0 Å². The van der Waals surface area contributed by atoms with Crippen molar-refractivity contribution in [2.24, 2.45) is 0 Å². The van der Waals surface area contributed by atoms with Gasteiger partial charge in [0, 0.05) is 25.2 Å². The lowest BCUT2D eigenvalue weighted by molar-refractivity contribution is -0.386. The van der Waals surface area contributed by atoms with Crippen LogP contribution in [-0.2, 0) is 6.54 Å². The van der Waals surface area contributed by atoms with Gasteiger partial charge >= 0.3 is 5.69 Å². The van der Waals surface area contributed by atoms with Gasteiger partial charge < -0.3 is 9.88 Å². The number of amides is 1. The smallest absolute Gasteiger partial charge is 0.332 e. The van der Waals surface area contributed by atoms with Crippen molar-refractivity contribution in [3.8, 4) is 0 Å². The highest BCUT2D eigenvalue weighted by atomic mass is 19.1. The molecule has 2 aromatic carbocycles. The van der Waals surface area contributed by atoms with Crippen molar-refractivity contribution in [1.82, 2.24) is 14.9 Å². The van der Waals surface area contributed by atoms with Crippen molar-refractivity contribution in [3.63, 3.8) is 0 Å². The number of carbonyl (C=O) groups is 1. The second-order valence-electron chi connectivity index (χ2n) is 6.83. The summed E-state index contributed by atoms with van der Waals surface area (Å²) in [5.41, 5.74) is 0.675. The van der Waals surface area contributed by atoms with Crippen molar-refractivity contribution >= 4 is 33.4 Å². The molecule has 1 N–H and O–H groups in total. The van der Waals surface area contributed by atoms with Crippen LogP contribution in [0.2, 0.25) is 0 Å². The van der Waals surface area contributed by atoms with Gasteiger partial charge in [0.2, 0.25) is 0 Å². The molecule has 0 fully saturated rings. The number of hydrogen-bond donors (Lipinski definition) is 1. The van der Waals surface area contributed by atoms with Crippen molar-refractivity contribution in [1.29, 1.82) is 0 Å². The lowest BCUT2D eigenvalue weighted by Crippen LogP contribution is -2.26. The van der Waals surface area contributed by atoms with Crippen LogP contribution in [0.15, 0.2) is 59.7 Å². The number of nitro groups is 1. The molecule has 4 aromatic rings. The summed E-state index contributed by atoms with van der Waals surface area (Å²) >= 11 is 0. The zero-order valence-electron chi connectivity index (χ0n) is 15.8. The number of aromatic amines is 1. The van der Waals surface area contributed by atoms with Crippen molar-refractivity contribution in [3.05, 3.63) is 92.1 Å². The van der Waals surface area contributed by atoms with Gasteiger partial charge in [-0.15, -0.1) is 0 Å². The highest BCUT2D eigenvalue weighted by Crippen LogP contribution is 2.23. The molecule has 0 bridgehead atoms. The van der Waals surface area contributed by atoms with Crippen LogP contribution in [0.25, 0.3) is 21.8 Å². The van der Waals surface area contributed by atoms with Gasteiger partial charge in [0.25, 0.3) is 11.3 Å². The Balaban J connectivity index is 1.69. The Kier molecular flexibility index (Phi) is 4.71. The summed E-state index contributed by atoms with van der Waals surface area (Å²) in [6.07, 6.45) is 2.44. The van der Waals surface area contributed by atoms with Crippen LogP contribution in [0.5, 0.6) is 0 Å². The van der Waals surface area contributed by atoms with E-state index in [9.17, 15) is 24.1 Å². The maximum absolute atomic E-state index is 13.0. The van der Waals surface area contributed by atoms with E-state index in [-0.39, 0.29) is 17.1 Å². The predicted octanol–water partition coefficient (Wildman–Crippen LogP) is 3.40. The second kappa shape index (κ2) is 7.36. The number of benzene rings is 2. The standard InChI is InChI=1S/C21H15FN4O4/c1-25(11-12-2-5-15(22)6-3-12)21(28)14-8-13-4-7-16-19(18(13)23-9-14)24-10-17(20(16)27)26(29)30/h2-10H,11H2,1H3,(H,24,27). The number of halogens is 1. The predicted molar refractivity (Wildman–Crippen MR) is 109 cm³/mol. The molecule has 30 heavy (non-hydrogen) atoms. The summed E-state index contributed by atoms with van der Waals surface area (Å²) in [6.45, 7) is 0.297. The number of nitrogens with zero attached hydrogens (tertiary/aromatic N) is 3. The Morgan fingerprint density at radius 1 is 1.23 bits per heavy atom. The van der Waals surface area contributed by atoms with Crippen molar-refractivity contribution < 1.29 is 14.1 Å². The number of pyridine rings is 2. The lowest BCUT2D eigenvalue weighted by atomic mass is 10.1. The molecule has 0 atom stereocenters. The highest BCUT2D eigenvalue weighted by Gasteiger charge is 2.18. The Hall–Kier alpha value is -4.14. The topological polar surface area (TPSA) is 109 Å². The van der Waals surface area contributed by atoms with Gasteiger partial charge in [-0.05, 0) is 29.8 Å². The molecule has 4 rings (SSSR count). The Morgan fingerprint density at radius 2 is 1.97 bits per heavy atom. The van der Waals surface area contributed by atoms with E-state index in [1.54, 1.807) is 31.3 Å². The number of aromatic nitrogens is 2. The van der Waals surface area contributed by atoms with Gasteiger partial charge in [-0.1, -0.05) is 18.2 Å². The molecular formula is C21H15FN4O4. The molecule has 150 valence electrons. The molecule has 0 saturated heterocycles. The molecular weight excluding hydrogens is 391 g/mol. The van der Waals surface area contributed by atoms with E-state index in [1.165, 1.54) is 29.3 Å². The summed E-state index contributed by atoms with van der Waals surface area (Å²) in [5, 5.41) is 11.7. The maximum Gasteiger partial charge on any atom is 0.332 e. The zero-order chi connectivity index (χ0) is 21.4. The van der Waals surface area contributed by atoms with E-state index in [0.717, 1.165) is 11.8 Å². The Morgan fingerprint density at radius 3 is 2.67 bits per heavy atom. The van der Waals surface area contributed by atoms with Crippen LogP contribution >= 0.6 is 0 Å². The van der Waals surface area contributed by atoms with Gasteiger partial charge in [0.1, 0.15) is 5.82 Å². The average Bonchev–Trinajstić information content (AvgIpc) is 2.74. The third kappa shape index (κ3) is 3.37. The molecule has 0 aliphatic rings. The molecule has 0 unspecified atom stereocenters. The second-order valence-corrected chi connectivity index (χ2v) is 6.83. The number of carbonyl (C=O) groups excluding carboxylic acids is 1. The summed E-state index contributed by atoms with van der Waals surface area (Å²) < 4.78 is 13.0. The fourth-order valence-corrected chi connectivity index (χ4v) is 3.29. The first-order valence-electron chi connectivity index (χ1n) is 8.93. The fourth-order valence-electron chi connectivity index (χ4n) is 3.29. The van der Waals surface area contributed by atoms with Crippen LogP contribution in [0, 0.1) is 15.9 Å². The Bertz CT molecular complexity index is 1370. The molecule has 0 aliphatic carbocycles. The van der Waals surface area contributed by atoms with Crippen LogP contribution < -0.4 is 5.43 Å². The van der Waals surface area contributed by atoms with E-state index in [0.29, 0.717) is 28.5 Å². The fraction of sp³-hybridized carbons (Fsp3) is 0.0952. The molecule has 0 spiro atoms. The Labute approximate surface area is 168 Å². The molecule has 2 heterocycles. The first-order valence-corrected chi connectivity index (χ1v) is 8.93. The molecule has 2 aromatic heterocycles. The first kappa shape index (κ1) is 19.2. The number of hydrogen-bond acceptors (Lipinski definition) is 5. The lowest BCUT2D eigenvalue weighted by Gasteiger charge is -2.17. The van der Waals surface area contributed by atoms with Crippen LogP contribution in [-0.4, -0.2) is 32.7 Å². The van der Waals surface area contributed by atoms with Gasteiger partial charge in [-0.25, -0.2) is 4.39 Å². The number of fused-ring (bicyclic) bond motifs is 3. The summed E-state index contributed by atoms with van der Waals surface area (Å²) in [4.78, 5) is 43.9. The summed E-state index contributed by atoms with van der Waals surface area (Å²) in [5.74, 6) is -0.618. The van der Waals surface area contributed by atoms with Crippen LogP contribution in [0.4, 0.5) is 10.1 Å². The van der Waals surface area contributed by atoms with Crippen molar-refractivity contribution in [2.75, 3.05) is 7.05 Å². The molecule has 9 heteroatoms. The van der Waals surface area contributed by atoms with Gasteiger partial charge in [0.05, 0.1) is 33.1 Å². The minimum atomic E-state index is -0.741. The van der Waals surface area contributed by atoms with Crippen LogP contribution in [0.1, 0.15) is 15.9 Å². The van der Waals surface area contributed by atoms with Gasteiger partial charge in [-0.3, -0.25) is 24.7 Å². The third-order valence-electron chi connectivity index (χ3n) is 4.81. The zero-order valence-corrected chi connectivity index (χ0v) is 15.8.